The molecule has 1 aliphatic rings. The number of rotatable bonds is 7. The van der Waals surface area contributed by atoms with E-state index in [0.717, 1.165) is 6.07 Å². The fourth-order valence-electron chi connectivity index (χ4n) is 3.58. The van der Waals surface area contributed by atoms with E-state index in [1.807, 2.05) is 13.8 Å². The molecule has 2 rings (SSSR count). The first-order valence-corrected chi connectivity index (χ1v) is 9.23. The maximum Gasteiger partial charge on any atom is 0.328 e. The molecule has 0 aliphatic carbocycles. The van der Waals surface area contributed by atoms with Crippen LogP contribution in [0, 0.1) is 17.6 Å². The normalized spacial score (nSPS) is 17.8. The van der Waals surface area contributed by atoms with Gasteiger partial charge in [0.1, 0.15) is 6.04 Å². The number of hydrogen-bond acceptors (Lipinski definition) is 4. The molecule has 8 heteroatoms. The maximum absolute atomic E-state index is 14.0. The van der Waals surface area contributed by atoms with Crippen molar-refractivity contribution < 1.29 is 27.9 Å². The number of ether oxygens (including phenoxy) is 1. The topological polar surface area (TPSA) is 66.9 Å². The minimum Gasteiger partial charge on any atom is -0.467 e. The molecule has 1 aliphatic heterocycles. The van der Waals surface area contributed by atoms with E-state index in [2.05, 4.69) is 0 Å². The molecule has 0 spiro atoms. The van der Waals surface area contributed by atoms with Crippen LogP contribution in [0.3, 0.4) is 0 Å². The third-order valence-electron chi connectivity index (χ3n) is 5.12. The number of carbonyl (C=O) groups is 3. The lowest BCUT2D eigenvalue weighted by Crippen LogP contribution is -2.48. The molecule has 28 heavy (non-hydrogen) atoms. The Morgan fingerprint density at radius 3 is 2.61 bits per heavy atom. The van der Waals surface area contributed by atoms with Gasteiger partial charge in [0.05, 0.1) is 7.11 Å². The number of halogens is 2. The Kier molecular flexibility index (Phi) is 7.10. The highest BCUT2D eigenvalue weighted by atomic mass is 19.2. The number of nitrogens with zero attached hydrogens (tertiary/aromatic N) is 2. The molecule has 0 aromatic heterocycles. The van der Waals surface area contributed by atoms with Crippen LogP contribution in [-0.4, -0.2) is 53.8 Å². The smallest absolute Gasteiger partial charge is 0.328 e. The fourth-order valence-corrected chi connectivity index (χ4v) is 3.58. The van der Waals surface area contributed by atoms with Crippen LogP contribution >= 0.6 is 0 Å². The minimum atomic E-state index is -0.991. The van der Waals surface area contributed by atoms with E-state index in [9.17, 15) is 23.2 Å². The van der Waals surface area contributed by atoms with Gasteiger partial charge in [0, 0.05) is 38.0 Å². The minimum absolute atomic E-state index is 0.000606. The molecule has 1 aromatic rings. The third kappa shape index (κ3) is 4.66. The van der Waals surface area contributed by atoms with Crippen molar-refractivity contribution in [2.45, 2.75) is 51.7 Å². The summed E-state index contributed by atoms with van der Waals surface area (Å²) in [5.74, 6) is -3.15. The molecule has 2 amide bonds. The van der Waals surface area contributed by atoms with Gasteiger partial charge in [-0.3, -0.25) is 9.59 Å². The van der Waals surface area contributed by atoms with Crippen molar-refractivity contribution in [2.75, 3.05) is 14.2 Å². The highest BCUT2D eigenvalue weighted by Gasteiger charge is 2.36. The lowest BCUT2D eigenvalue weighted by Gasteiger charge is -2.31. The first-order chi connectivity index (χ1) is 13.2. The predicted octanol–water partition coefficient (Wildman–Crippen LogP) is 2.50. The number of esters is 1. The van der Waals surface area contributed by atoms with Gasteiger partial charge in [-0.1, -0.05) is 26.0 Å². The van der Waals surface area contributed by atoms with E-state index >= 15 is 0 Å². The SMILES string of the molecule is COC(=O)[C@H](C(C)C)N(C)C(=O)C[C@@H]1CCC(=O)N1Cc1cccc(F)c1F. The van der Waals surface area contributed by atoms with Gasteiger partial charge >= 0.3 is 5.97 Å². The van der Waals surface area contributed by atoms with Crippen LogP contribution in [0.15, 0.2) is 18.2 Å². The Morgan fingerprint density at radius 1 is 1.32 bits per heavy atom. The summed E-state index contributed by atoms with van der Waals surface area (Å²) < 4.78 is 32.2. The lowest BCUT2D eigenvalue weighted by atomic mass is 10.0. The van der Waals surface area contributed by atoms with Crippen LogP contribution in [0.5, 0.6) is 0 Å². The van der Waals surface area contributed by atoms with Crippen LogP contribution in [0.4, 0.5) is 8.78 Å². The van der Waals surface area contributed by atoms with Crippen LogP contribution in [-0.2, 0) is 25.7 Å². The summed E-state index contributed by atoms with van der Waals surface area (Å²) in [6, 6.07) is 2.64. The predicted molar refractivity (Wildman–Crippen MR) is 98.0 cm³/mol. The van der Waals surface area contributed by atoms with Crippen LogP contribution < -0.4 is 0 Å². The summed E-state index contributed by atoms with van der Waals surface area (Å²) in [6.45, 7) is 3.52. The highest BCUT2D eigenvalue weighted by molar-refractivity contribution is 5.86. The van der Waals surface area contributed by atoms with Crippen molar-refractivity contribution in [2.24, 2.45) is 5.92 Å². The van der Waals surface area contributed by atoms with E-state index in [0.29, 0.717) is 6.42 Å². The highest BCUT2D eigenvalue weighted by Crippen LogP contribution is 2.26. The summed E-state index contributed by atoms with van der Waals surface area (Å²) >= 11 is 0. The number of likely N-dealkylation sites (N-methyl/N-ethyl adjacent to an activating group) is 1. The first-order valence-electron chi connectivity index (χ1n) is 9.23. The summed E-state index contributed by atoms with van der Waals surface area (Å²) in [4.78, 5) is 39.7. The molecule has 0 unspecified atom stereocenters. The third-order valence-corrected chi connectivity index (χ3v) is 5.12. The Balaban J connectivity index is 2.13. The molecule has 2 atom stereocenters. The summed E-state index contributed by atoms with van der Waals surface area (Å²) in [5, 5.41) is 0. The molecule has 1 aromatic carbocycles. The molecule has 1 heterocycles. The zero-order valence-corrected chi connectivity index (χ0v) is 16.6. The molecule has 0 bridgehead atoms. The average Bonchev–Trinajstić information content (AvgIpc) is 2.98. The zero-order valence-electron chi connectivity index (χ0n) is 16.6. The Hall–Kier alpha value is -2.51. The largest absolute Gasteiger partial charge is 0.467 e. The second-order valence-electron chi connectivity index (χ2n) is 7.35. The monoisotopic (exact) mass is 396 g/mol. The summed E-state index contributed by atoms with van der Waals surface area (Å²) in [5.41, 5.74) is 0.0654. The molecule has 154 valence electrons. The molecule has 1 fully saturated rings. The number of likely N-dealkylation sites (tertiary alicyclic amines) is 1. The van der Waals surface area contributed by atoms with Gasteiger partial charge in [-0.05, 0) is 18.4 Å². The molecule has 0 radical (unpaired) electrons. The fraction of sp³-hybridized carbons (Fsp3) is 0.550. The Bertz CT molecular complexity index is 754. The number of amides is 2. The number of carbonyl (C=O) groups excluding carboxylic acids is 3. The average molecular weight is 396 g/mol. The van der Waals surface area contributed by atoms with Gasteiger partial charge in [0.25, 0.3) is 0 Å². The van der Waals surface area contributed by atoms with Crippen LogP contribution in [0.25, 0.3) is 0 Å². The molecule has 0 saturated carbocycles. The van der Waals surface area contributed by atoms with Crippen molar-refractivity contribution in [3.05, 3.63) is 35.4 Å². The van der Waals surface area contributed by atoms with E-state index in [4.69, 9.17) is 4.74 Å². The van der Waals surface area contributed by atoms with Crippen molar-refractivity contribution >= 4 is 17.8 Å². The van der Waals surface area contributed by atoms with Gasteiger partial charge in [-0.15, -0.1) is 0 Å². The van der Waals surface area contributed by atoms with E-state index in [1.165, 1.54) is 36.1 Å². The van der Waals surface area contributed by atoms with Gasteiger partial charge < -0.3 is 14.5 Å². The van der Waals surface area contributed by atoms with Crippen LogP contribution in [0.1, 0.15) is 38.7 Å². The molecule has 0 N–H and O–H groups in total. The van der Waals surface area contributed by atoms with Gasteiger partial charge in [0.2, 0.25) is 11.8 Å². The second-order valence-corrected chi connectivity index (χ2v) is 7.35. The zero-order chi connectivity index (χ0) is 21.0. The molecule has 6 nitrogen and oxygen atoms in total. The number of benzene rings is 1. The van der Waals surface area contributed by atoms with Crippen LogP contribution in [0.2, 0.25) is 0 Å². The van der Waals surface area contributed by atoms with Crippen molar-refractivity contribution in [3.63, 3.8) is 0 Å². The van der Waals surface area contributed by atoms with Crippen molar-refractivity contribution in [1.82, 2.24) is 9.80 Å². The Labute approximate surface area is 163 Å². The van der Waals surface area contributed by atoms with Crippen molar-refractivity contribution in [1.29, 1.82) is 0 Å². The standard InChI is InChI=1S/C20H26F2N2O4/c1-12(2)19(20(27)28-4)23(3)17(26)10-14-8-9-16(25)24(14)11-13-6-5-7-15(21)18(13)22/h5-7,12,14,19H,8-11H2,1-4H3/t14-,19-/m0/s1. The van der Waals surface area contributed by atoms with Gasteiger partial charge in [0.15, 0.2) is 11.6 Å². The van der Waals surface area contributed by atoms with Gasteiger partial charge in [-0.25, -0.2) is 13.6 Å². The molecular formula is C20H26F2N2O4. The first kappa shape index (κ1) is 21.8. The Morgan fingerprint density at radius 2 is 2.00 bits per heavy atom. The summed E-state index contributed by atoms with van der Waals surface area (Å²) in [6.07, 6.45) is 0.683. The quantitative estimate of drug-likeness (QED) is 0.665. The van der Waals surface area contributed by atoms with E-state index < -0.39 is 29.7 Å². The van der Waals surface area contributed by atoms with Crippen molar-refractivity contribution in [3.8, 4) is 0 Å². The number of hydrogen-bond donors (Lipinski definition) is 0. The summed E-state index contributed by atoms with van der Waals surface area (Å²) in [7, 11) is 2.79. The number of methoxy groups -OCH3 is 1. The maximum atomic E-state index is 14.0. The molecular weight excluding hydrogens is 370 g/mol. The lowest BCUT2D eigenvalue weighted by molar-refractivity contribution is -0.154. The van der Waals surface area contributed by atoms with E-state index in [-0.39, 0.29) is 42.7 Å². The molecule has 1 saturated heterocycles. The second kappa shape index (κ2) is 9.12. The van der Waals surface area contributed by atoms with E-state index in [1.54, 1.807) is 0 Å². The van der Waals surface area contributed by atoms with Gasteiger partial charge in [-0.2, -0.15) is 0 Å².